The molecule has 73 heavy (non-hydrogen) atoms. The zero-order valence-corrected chi connectivity index (χ0v) is 43.9. The Morgan fingerprint density at radius 1 is 0.521 bits per heavy atom. The fourth-order valence-electron chi connectivity index (χ4n) is 17.7. The normalized spacial score (nSPS) is 57.3. The van der Waals surface area contributed by atoms with Gasteiger partial charge in [0.05, 0.1) is 49.8 Å². The Balaban J connectivity index is 0.976. The van der Waals surface area contributed by atoms with Crippen LogP contribution in [0.1, 0.15) is 114 Å². The molecule has 9 fully saturated rings. The maximum Gasteiger partial charge on any atom is 0.187 e. The summed E-state index contributed by atoms with van der Waals surface area (Å²) < 4.78 is 49.5. The van der Waals surface area contributed by atoms with Crippen LogP contribution in [-0.2, 0) is 37.9 Å². The fraction of sp³-hybridized carbons (Fsp3) is 1.00. The molecule has 9 aliphatic rings. The number of aliphatic hydroxyl groups excluding tert-OH is 13. The average molecular weight is 1050 g/mol. The summed E-state index contributed by atoms with van der Waals surface area (Å²) in [7, 11) is 0. The van der Waals surface area contributed by atoms with E-state index >= 15 is 0 Å². The lowest BCUT2D eigenvalue weighted by Gasteiger charge is -2.75. The standard InChI is InChI=1S/C52H88O21/c1-21-32(56)36(60)40(64)45(68-21)71-27-20-67-44(39(63)35(27)59)72-30-13-15-50(7)29-11-10-28-49(6)14-12-22(48(4,5)73-46-41(65)37(61)34(58)26(18-53)70-46)31(49)23(54)16-51(28,8)52(29,9)17-25(42(50)47(30,2)3)69-43-38(62)33(57)24(55)19-66-43/h21-46,53-65H,10-20H2,1-9H3/t21-,22+,23-,24-,25-,26-,27+,28-,29-,30-,31+,32+,33+,34+,35-,36+,37+,38-,39+,40-,41-,42+,43-,44-,45-,46-,49-,50-,51-,52+/m0/s1. The van der Waals surface area contributed by atoms with E-state index in [1.807, 2.05) is 13.8 Å². The van der Waals surface area contributed by atoms with Gasteiger partial charge in [-0.1, -0.05) is 41.5 Å². The van der Waals surface area contributed by atoms with E-state index < -0.39 is 163 Å². The number of fused-ring (bicyclic) bond motifs is 7. The highest BCUT2D eigenvalue weighted by molar-refractivity contribution is 5.23. The Hall–Kier alpha value is -0.840. The van der Waals surface area contributed by atoms with Crippen LogP contribution in [0, 0.1) is 56.7 Å². The number of ether oxygens (including phenoxy) is 8. The van der Waals surface area contributed by atoms with Crippen molar-refractivity contribution in [3.05, 3.63) is 0 Å². The first-order valence-corrected chi connectivity index (χ1v) is 26.9. The minimum Gasteiger partial charge on any atom is -0.394 e. The van der Waals surface area contributed by atoms with Crippen LogP contribution in [-0.4, -0.2) is 221 Å². The third-order valence-corrected chi connectivity index (χ3v) is 21.5. The molecule has 0 amide bonds. The predicted molar refractivity (Wildman–Crippen MR) is 252 cm³/mol. The van der Waals surface area contributed by atoms with Crippen LogP contribution in [0.3, 0.4) is 0 Å². The zero-order chi connectivity index (χ0) is 53.4. The number of hydrogen-bond acceptors (Lipinski definition) is 21. The summed E-state index contributed by atoms with van der Waals surface area (Å²) >= 11 is 0. The summed E-state index contributed by atoms with van der Waals surface area (Å²) in [4.78, 5) is 0. The van der Waals surface area contributed by atoms with E-state index in [2.05, 4.69) is 41.5 Å². The molecular weight excluding hydrogens is 961 g/mol. The van der Waals surface area contributed by atoms with Crippen LogP contribution in [0.4, 0.5) is 0 Å². The van der Waals surface area contributed by atoms with Gasteiger partial charge in [-0.15, -0.1) is 0 Å². The van der Waals surface area contributed by atoms with Crippen LogP contribution in [0.15, 0.2) is 0 Å². The lowest BCUT2D eigenvalue weighted by atomic mass is 9.31. The Morgan fingerprint density at radius 3 is 1.74 bits per heavy atom. The van der Waals surface area contributed by atoms with Gasteiger partial charge in [-0.3, -0.25) is 0 Å². The van der Waals surface area contributed by atoms with Crippen molar-refractivity contribution < 1.29 is 104 Å². The maximum absolute atomic E-state index is 12.8. The molecular formula is C52H88O21. The van der Waals surface area contributed by atoms with Gasteiger partial charge in [-0.05, 0) is 129 Å². The highest BCUT2D eigenvalue weighted by Crippen LogP contribution is 2.78. The first-order chi connectivity index (χ1) is 34.0. The lowest BCUT2D eigenvalue weighted by molar-refractivity contribution is -0.359. The van der Waals surface area contributed by atoms with Gasteiger partial charge in [0.2, 0.25) is 0 Å². The third-order valence-electron chi connectivity index (χ3n) is 21.5. The van der Waals surface area contributed by atoms with E-state index in [0.717, 1.165) is 19.3 Å². The Morgan fingerprint density at radius 2 is 1.07 bits per heavy atom. The van der Waals surface area contributed by atoms with E-state index in [9.17, 15) is 66.4 Å². The minimum absolute atomic E-state index is 0.0994. The molecule has 5 aliphatic carbocycles. The van der Waals surface area contributed by atoms with Gasteiger partial charge in [-0.25, -0.2) is 0 Å². The number of hydrogen-bond donors (Lipinski definition) is 13. The molecule has 21 nitrogen and oxygen atoms in total. The largest absolute Gasteiger partial charge is 0.394 e. The van der Waals surface area contributed by atoms with E-state index in [0.29, 0.717) is 32.1 Å². The molecule has 0 spiro atoms. The van der Waals surface area contributed by atoms with Crippen LogP contribution < -0.4 is 0 Å². The Labute approximate surface area is 428 Å². The van der Waals surface area contributed by atoms with Crippen molar-refractivity contribution in [1.29, 1.82) is 0 Å². The number of rotatable bonds is 10. The summed E-state index contributed by atoms with van der Waals surface area (Å²) in [5.74, 6) is -0.477. The molecule has 0 radical (unpaired) electrons. The second-order valence-electron chi connectivity index (χ2n) is 26.0. The molecule has 4 aliphatic heterocycles. The molecule has 422 valence electrons. The molecule has 0 bridgehead atoms. The average Bonchev–Trinajstić information content (AvgIpc) is 3.70. The maximum atomic E-state index is 12.8. The summed E-state index contributed by atoms with van der Waals surface area (Å²) in [6, 6.07) is 0. The van der Waals surface area contributed by atoms with Crippen LogP contribution >= 0.6 is 0 Å². The first kappa shape index (κ1) is 56.9. The van der Waals surface area contributed by atoms with Gasteiger partial charge in [0.1, 0.15) is 79.4 Å². The van der Waals surface area contributed by atoms with E-state index in [-0.39, 0.29) is 48.2 Å². The fourth-order valence-corrected chi connectivity index (χ4v) is 17.7. The van der Waals surface area contributed by atoms with Gasteiger partial charge in [0, 0.05) is 0 Å². The monoisotopic (exact) mass is 1050 g/mol. The molecule has 0 aromatic heterocycles. The molecule has 21 heteroatoms. The lowest BCUT2D eigenvalue weighted by Crippen LogP contribution is -2.72. The summed E-state index contributed by atoms with van der Waals surface area (Å²) in [6.45, 7) is 17.6. The second kappa shape index (κ2) is 20.1. The Bertz CT molecular complexity index is 1930. The molecule has 9 rings (SSSR count). The molecule has 5 saturated carbocycles. The molecule has 30 atom stereocenters. The first-order valence-electron chi connectivity index (χ1n) is 26.9. The van der Waals surface area contributed by atoms with Crippen molar-refractivity contribution in [2.45, 2.75) is 248 Å². The van der Waals surface area contributed by atoms with Gasteiger partial charge in [-0.2, -0.15) is 0 Å². The Kier molecular flexibility index (Phi) is 15.6. The van der Waals surface area contributed by atoms with Gasteiger partial charge in [0.25, 0.3) is 0 Å². The van der Waals surface area contributed by atoms with Crippen molar-refractivity contribution in [1.82, 2.24) is 0 Å². The number of aliphatic hydroxyl groups is 13. The van der Waals surface area contributed by atoms with Crippen LogP contribution in [0.5, 0.6) is 0 Å². The van der Waals surface area contributed by atoms with E-state index in [1.165, 1.54) is 6.92 Å². The van der Waals surface area contributed by atoms with Gasteiger partial charge in [0.15, 0.2) is 25.2 Å². The molecule has 0 aromatic carbocycles. The summed E-state index contributed by atoms with van der Waals surface area (Å²) in [5.41, 5.74) is -3.48. The molecule has 0 unspecified atom stereocenters. The van der Waals surface area contributed by atoms with Crippen LogP contribution in [0.25, 0.3) is 0 Å². The molecule has 0 aromatic rings. The second-order valence-corrected chi connectivity index (χ2v) is 26.0. The van der Waals surface area contributed by atoms with Crippen molar-refractivity contribution in [2.75, 3.05) is 19.8 Å². The highest BCUT2D eigenvalue weighted by Gasteiger charge is 2.75. The predicted octanol–water partition coefficient (Wildman–Crippen LogP) is -1.24. The summed E-state index contributed by atoms with van der Waals surface area (Å²) in [6.07, 6.45) is -22.0. The SMILES string of the molecule is C[C@@H]1O[C@@H](O[C@@H]2CO[C@@H](O[C@H]3CC[C@]4(C)[C@H]([C@@H](O[C@@H]5OC[C@H](O)[C@@H](O)[C@@H]5O)C[C@]5(C)[C@H]4CC[C@H]4[C@]6(C)CC[C@@H](C(C)(C)O[C@@H]7O[C@@H](CO)[C@@H](O)[C@@H](O)[C@@H]7O)[C@@H]6[C@@H](O)C[C@@]45C)C3(C)C)[C@H](O)[C@H]2O)[C@@H](O)[C@H](O)[C@@H]1O. The van der Waals surface area contributed by atoms with Crippen LogP contribution in [0.2, 0.25) is 0 Å². The molecule has 4 heterocycles. The van der Waals surface area contributed by atoms with Gasteiger partial charge < -0.3 is 104 Å². The topological polar surface area (TPSA) is 337 Å². The molecule has 4 saturated heterocycles. The van der Waals surface area contributed by atoms with Crippen molar-refractivity contribution in [3.63, 3.8) is 0 Å². The highest BCUT2D eigenvalue weighted by atomic mass is 16.7. The van der Waals surface area contributed by atoms with E-state index in [1.54, 1.807) is 0 Å². The van der Waals surface area contributed by atoms with Crippen molar-refractivity contribution in [3.8, 4) is 0 Å². The van der Waals surface area contributed by atoms with Gasteiger partial charge >= 0.3 is 0 Å². The van der Waals surface area contributed by atoms with Crippen molar-refractivity contribution in [2.24, 2.45) is 56.7 Å². The zero-order valence-electron chi connectivity index (χ0n) is 43.9. The summed E-state index contributed by atoms with van der Waals surface area (Å²) in [5, 5.41) is 141. The molecule has 13 N–H and O–H groups in total. The third kappa shape index (κ3) is 9.03. The smallest absolute Gasteiger partial charge is 0.187 e. The quantitative estimate of drug-likeness (QED) is 0.114. The van der Waals surface area contributed by atoms with E-state index in [4.69, 9.17) is 37.9 Å². The van der Waals surface area contributed by atoms with Crippen molar-refractivity contribution >= 4 is 0 Å². The minimum atomic E-state index is -1.63.